The highest BCUT2D eigenvalue weighted by Gasteiger charge is 2.21. The van der Waals surface area contributed by atoms with Gasteiger partial charge in [-0.15, -0.1) is 11.3 Å². The van der Waals surface area contributed by atoms with Gasteiger partial charge in [0, 0.05) is 42.4 Å². The van der Waals surface area contributed by atoms with Crippen LogP contribution in [0.4, 0.5) is 0 Å². The average molecular weight is 642 g/mol. The molecule has 0 fully saturated rings. The summed E-state index contributed by atoms with van der Waals surface area (Å²) in [6.45, 7) is 0. The maximum Gasteiger partial charge on any atom is 0.164 e. The third-order valence-electron chi connectivity index (χ3n) is 9.52. The Morgan fingerprint density at radius 1 is 0.306 bits per heavy atom. The van der Waals surface area contributed by atoms with Crippen molar-refractivity contribution in [1.82, 2.24) is 15.0 Å². The monoisotopic (exact) mass is 641 g/mol. The molecule has 0 spiro atoms. The third kappa shape index (κ3) is 4.53. The molecule has 0 aliphatic rings. The Morgan fingerprint density at radius 2 is 0.755 bits per heavy atom. The number of nitrogens with zero attached hydrogens (tertiary/aromatic N) is 3. The molecular weight excluding hydrogens is 615 g/mol. The van der Waals surface area contributed by atoms with Crippen LogP contribution in [-0.2, 0) is 0 Å². The van der Waals surface area contributed by atoms with E-state index in [0.29, 0.717) is 17.5 Å². The van der Waals surface area contributed by atoms with Gasteiger partial charge in [0.05, 0.1) is 0 Å². The van der Waals surface area contributed by atoms with Crippen LogP contribution in [0.15, 0.2) is 164 Å². The van der Waals surface area contributed by atoms with Gasteiger partial charge in [-0.1, -0.05) is 146 Å². The Bertz CT molecular complexity index is 2820. The van der Waals surface area contributed by atoms with Crippen molar-refractivity contribution in [3.63, 3.8) is 0 Å². The largest absolute Gasteiger partial charge is 0.208 e. The summed E-state index contributed by atoms with van der Waals surface area (Å²) in [7, 11) is 0. The summed E-state index contributed by atoms with van der Waals surface area (Å²) >= 11 is 1.85. The van der Waals surface area contributed by atoms with Crippen molar-refractivity contribution in [2.75, 3.05) is 0 Å². The van der Waals surface area contributed by atoms with E-state index in [0.717, 1.165) is 22.3 Å². The van der Waals surface area contributed by atoms with E-state index in [9.17, 15) is 0 Å². The first-order valence-corrected chi connectivity index (χ1v) is 17.3. The minimum absolute atomic E-state index is 0.652. The molecule has 3 nitrogen and oxygen atoms in total. The standard InChI is InChI=1S/C45H27N3S/c1-3-14-28(15-4-1)43-46-44(29-16-5-2-6-17-29)48-45(47-43)40-27-38-33-21-10-8-19-31(33)30-18-7-9-20-32(30)37(38)26-39(40)36-24-13-23-35-34-22-11-12-25-41(34)49-42(35)36/h1-27H. The van der Waals surface area contributed by atoms with Gasteiger partial charge >= 0.3 is 0 Å². The second-order valence-electron chi connectivity index (χ2n) is 12.4. The Hall–Kier alpha value is -6.23. The summed E-state index contributed by atoms with van der Waals surface area (Å²) in [6, 6.07) is 58.0. The number of hydrogen-bond acceptors (Lipinski definition) is 4. The molecule has 0 aliphatic heterocycles. The predicted molar refractivity (Wildman–Crippen MR) is 207 cm³/mol. The van der Waals surface area contributed by atoms with Gasteiger partial charge in [0.2, 0.25) is 0 Å². The molecule has 4 heteroatoms. The normalized spacial score (nSPS) is 11.7. The van der Waals surface area contributed by atoms with E-state index >= 15 is 0 Å². The highest BCUT2D eigenvalue weighted by molar-refractivity contribution is 7.26. The fraction of sp³-hybridized carbons (Fsp3) is 0. The third-order valence-corrected chi connectivity index (χ3v) is 10.7. The van der Waals surface area contributed by atoms with Crippen molar-refractivity contribution in [1.29, 1.82) is 0 Å². The van der Waals surface area contributed by atoms with E-state index in [-0.39, 0.29) is 0 Å². The highest BCUT2D eigenvalue weighted by atomic mass is 32.1. The van der Waals surface area contributed by atoms with Gasteiger partial charge in [0.1, 0.15) is 0 Å². The van der Waals surface area contributed by atoms with Crippen molar-refractivity contribution in [3.8, 4) is 45.3 Å². The number of benzene rings is 8. The van der Waals surface area contributed by atoms with Gasteiger partial charge in [0.15, 0.2) is 17.5 Å². The molecule has 0 bridgehead atoms. The first-order chi connectivity index (χ1) is 24.3. The van der Waals surface area contributed by atoms with Crippen molar-refractivity contribution < 1.29 is 0 Å². The van der Waals surface area contributed by atoms with Crippen LogP contribution in [0.5, 0.6) is 0 Å². The van der Waals surface area contributed by atoms with Crippen LogP contribution in [0.25, 0.3) is 97.8 Å². The molecular formula is C45H27N3S. The first-order valence-electron chi connectivity index (χ1n) is 16.5. The zero-order valence-electron chi connectivity index (χ0n) is 26.3. The average Bonchev–Trinajstić information content (AvgIpc) is 3.57. The van der Waals surface area contributed by atoms with Gasteiger partial charge in [0.25, 0.3) is 0 Å². The van der Waals surface area contributed by atoms with E-state index < -0.39 is 0 Å². The summed E-state index contributed by atoms with van der Waals surface area (Å²) in [4.78, 5) is 15.5. The molecule has 0 aliphatic carbocycles. The molecule has 0 atom stereocenters. The molecule has 10 rings (SSSR count). The fourth-order valence-corrected chi connectivity index (χ4v) is 8.48. The molecule has 0 amide bonds. The lowest BCUT2D eigenvalue weighted by molar-refractivity contribution is 1.07. The quantitative estimate of drug-likeness (QED) is 0.180. The maximum atomic E-state index is 5.24. The van der Waals surface area contributed by atoms with Crippen LogP contribution < -0.4 is 0 Å². The topological polar surface area (TPSA) is 38.7 Å². The summed E-state index contributed by atoms with van der Waals surface area (Å²) in [6.07, 6.45) is 0. The molecule has 10 aromatic rings. The lowest BCUT2D eigenvalue weighted by atomic mass is 9.89. The van der Waals surface area contributed by atoms with E-state index in [1.54, 1.807) is 0 Å². The van der Waals surface area contributed by atoms with E-state index in [1.807, 2.05) is 47.7 Å². The van der Waals surface area contributed by atoms with Crippen LogP contribution in [-0.4, -0.2) is 15.0 Å². The van der Waals surface area contributed by atoms with E-state index in [1.165, 1.54) is 58.1 Å². The van der Waals surface area contributed by atoms with E-state index in [2.05, 4.69) is 127 Å². The predicted octanol–water partition coefficient (Wildman–Crippen LogP) is 12.4. The van der Waals surface area contributed by atoms with Crippen LogP contribution >= 0.6 is 11.3 Å². The maximum absolute atomic E-state index is 5.24. The second kappa shape index (κ2) is 11.2. The van der Waals surface area contributed by atoms with Crippen molar-refractivity contribution in [3.05, 3.63) is 164 Å². The summed E-state index contributed by atoms with van der Waals surface area (Å²) in [5.74, 6) is 1.96. The summed E-state index contributed by atoms with van der Waals surface area (Å²) < 4.78 is 2.54. The SMILES string of the molecule is c1ccc(-c2nc(-c3ccccc3)nc(-c3cc4c5ccccc5c5ccccc5c4cc3-c3cccc4c3sc3ccccc34)n2)cc1. The number of rotatable bonds is 4. The number of aromatic nitrogens is 3. The van der Waals surface area contributed by atoms with Gasteiger partial charge < -0.3 is 0 Å². The number of thiophene rings is 1. The van der Waals surface area contributed by atoms with Crippen LogP contribution in [0.2, 0.25) is 0 Å². The van der Waals surface area contributed by atoms with Gasteiger partial charge in [-0.25, -0.2) is 15.0 Å². The van der Waals surface area contributed by atoms with Gasteiger partial charge in [-0.3, -0.25) is 0 Å². The molecule has 49 heavy (non-hydrogen) atoms. The first kappa shape index (κ1) is 27.8. The van der Waals surface area contributed by atoms with E-state index in [4.69, 9.17) is 15.0 Å². The van der Waals surface area contributed by atoms with Crippen molar-refractivity contribution in [2.24, 2.45) is 0 Å². The van der Waals surface area contributed by atoms with Crippen molar-refractivity contribution >= 4 is 63.8 Å². The number of fused-ring (bicyclic) bond motifs is 9. The molecule has 0 N–H and O–H groups in total. The van der Waals surface area contributed by atoms with Crippen LogP contribution in [0, 0.1) is 0 Å². The molecule has 0 saturated carbocycles. The zero-order valence-corrected chi connectivity index (χ0v) is 27.2. The smallest absolute Gasteiger partial charge is 0.164 e. The molecule has 0 radical (unpaired) electrons. The molecule has 0 saturated heterocycles. The second-order valence-corrected chi connectivity index (χ2v) is 13.4. The zero-order chi connectivity index (χ0) is 32.3. The molecule has 2 aromatic heterocycles. The van der Waals surface area contributed by atoms with Gasteiger partial charge in [-0.2, -0.15) is 0 Å². The molecule has 2 heterocycles. The molecule has 8 aromatic carbocycles. The Morgan fingerprint density at radius 3 is 1.35 bits per heavy atom. The Kier molecular flexibility index (Phi) is 6.36. The van der Waals surface area contributed by atoms with Crippen LogP contribution in [0.3, 0.4) is 0 Å². The van der Waals surface area contributed by atoms with Gasteiger partial charge in [-0.05, 0) is 56.1 Å². The lowest BCUT2D eigenvalue weighted by Gasteiger charge is -2.17. The lowest BCUT2D eigenvalue weighted by Crippen LogP contribution is -2.01. The van der Waals surface area contributed by atoms with Crippen molar-refractivity contribution in [2.45, 2.75) is 0 Å². The fourth-order valence-electron chi connectivity index (χ4n) is 7.25. The Balaban J connectivity index is 1.36. The Labute approximate surface area is 286 Å². The minimum Gasteiger partial charge on any atom is -0.208 e. The number of hydrogen-bond donors (Lipinski definition) is 0. The molecule has 228 valence electrons. The summed E-state index contributed by atoms with van der Waals surface area (Å²) in [5, 5.41) is 9.87. The molecule has 0 unspecified atom stereocenters. The summed E-state index contributed by atoms with van der Waals surface area (Å²) in [5.41, 5.74) is 5.17. The van der Waals surface area contributed by atoms with Crippen LogP contribution in [0.1, 0.15) is 0 Å². The minimum atomic E-state index is 0.652. The highest BCUT2D eigenvalue weighted by Crippen LogP contribution is 2.46.